The van der Waals surface area contributed by atoms with Crippen molar-refractivity contribution in [3.8, 4) is 11.3 Å². The molecule has 3 heteroatoms. The summed E-state index contributed by atoms with van der Waals surface area (Å²) in [7, 11) is 0. The van der Waals surface area contributed by atoms with Crippen molar-refractivity contribution < 1.29 is 4.52 Å². The zero-order valence-corrected chi connectivity index (χ0v) is 8.31. The first-order valence-corrected chi connectivity index (χ1v) is 5.16. The van der Waals surface area contributed by atoms with Crippen molar-refractivity contribution in [2.75, 3.05) is 5.73 Å². The molecule has 1 saturated carbocycles. The van der Waals surface area contributed by atoms with Crippen LogP contribution < -0.4 is 5.73 Å². The Labute approximate surface area is 87.9 Å². The Morgan fingerprint density at radius 1 is 1.27 bits per heavy atom. The summed E-state index contributed by atoms with van der Waals surface area (Å²) in [6.45, 7) is 0. The second kappa shape index (κ2) is 3.12. The molecule has 1 aromatic heterocycles. The van der Waals surface area contributed by atoms with E-state index in [1.54, 1.807) is 6.07 Å². The maximum Gasteiger partial charge on any atom is 0.169 e. The highest BCUT2D eigenvalue weighted by atomic mass is 16.5. The molecule has 2 N–H and O–H groups in total. The smallest absolute Gasteiger partial charge is 0.169 e. The zero-order chi connectivity index (χ0) is 10.3. The molecule has 0 radical (unpaired) electrons. The average Bonchev–Trinajstić information content (AvgIpc) is 3.02. The van der Waals surface area contributed by atoms with Crippen LogP contribution in [0.1, 0.15) is 24.3 Å². The van der Waals surface area contributed by atoms with Crippen LogP contribution in [0.25, 0.3) is 11.3 Å². The van der Waals surface area contributed by atoms with Gasteiger partial charge in [-0.15, -0.1) is 0 Å². The monoisotopic (exact) mass is 200 g/mol. The fourth-order valence-corrected chi connectivity index (χ4v) is 1.89. The van der Waals surface area contributed by atoms with E-state index < -0.39 is 0 Å². The molecule has 0 atom stereocenters. The molecule has 1 aliphatic carbocycles. The molecular formula is C12H12N2O. The Balaban J connectivity index is 2.10. The van der Waals surface area contributed by atoms with Crippen molar-refractivity contribution >= 4 is 5.82 Å². The Morgan fingerprint density at radius 3 is 2.73 bits per heavy atom. The standard InChI is InChI=1S/C12H12N2O/c13-12-7-11(15-14-12)10-4-2-1-3-9(10)8-5-6-8/h1-4,7-8H,5-6H2,(H2,13,14). The SMILES string of the molecule is Nc1cc(-c2ccccc2C2CC2)on1. The summed E-state index contributed by atoms with van der Waals surface area (Å²) in [6, 6.07) is 10.1. The van der Waals surface area contributed by atoms with Crippen LogP contribution in [0.5, 0.6) is 0 Å². The Bertz CT molecular complexity index is 486. The Kier molecular flexibility index (Phi) is 1.78. The number of benzene rings is 1. The predicted octanol–water partition coefficient (Wildman–Crippen LogP) is 2.80. The first kappa shape index (κ1) is 8.53. The molecule has 2 aromatic rings. The Morgan fingerprint density at radius 2 is 2.07 bits per heavy atom. The third kappa shape index (κ3) is 1.50. The van der Waals surface area contributed by atoms with Crippen LogP contribution >= 0.6 is 0 Å². The molecule has 1 aliphatic rings. The third-order valence-electron chi connectivity index (χ3n) is 2.77. The second-order valence-corrected chi connectivity index (χ2v) is 3.98. The van der Waals surface area contributed by atoms with Gasteiger partial charge in [-0.1, -0.05) is 29.4 Å². The minimum absolute atomic E-state index is 0.440. The molecule has 1 fully saturated rings. The van der Waals surface area contributed by atoms with Crippen LogP contribution in [0.2, 0.25) is 0 Å². The Hall–Kier alpha value is -1.77. The van der Waals surface area contributed by atoms with E-state index in [0.717, 1.165) is 11.3 Å². The maximum atomic E-state index is 5.55. The van der Waals surface area contributed by atoms with Gasteiger partial charge in [-0.25, -0.2) is 0 Å². The van der Waals surface area contributed by atoms with Gasteiger partial charge in [0.1, 0.15) is 0 Å². The highest BCUT2D eigenvalue weighted by Gasteiger charge is 2.26. The van der Waals surface area contributed by atoms with Gasteiger partial charge in [0, 0.05) is 11.6 Å². The quantitative estimate of drug-likeness (QED) is 0.810. The molecule has 1 heterocycles. The van der Waals surface area contributed by atoms with Crippen LogP contribution in [0.3, 0.4) is 0 Å². The van der Waals surface area contributed by atoms with Crippen molar-refractivity contribution in [2.45, 2.75) is 18.8 Å². The molecule has 0 amide bonds. The highest BCUT2D eigenvalue weighted by Crippen LogP contribution is 2.44. The van der Waals surface area contributed by atoms with E-state index in [1.807, 2.05) is 6.07 Å². The lowest BCUT2D eigenvalue weighted by Crippen LogP contribution is -1.85. The van der Waals surface area contributed by atoms with Crippen molar-refractivity contribution in [1.29, 1.82) is 0 Å². The number of anilines is 1. The van der Waals surface area contributed by atoms with Gasteiger partial charge in [0.25, 0.3) is 0 Å². The number of nitrogens with two attached hydrogens (primary N) is 1. The van der Waals surface area contributed by atoms with Crippen LogP contribution in [0, 0.1) is 0 Å². The highest BCUT2D eigenvalue weighted by molar-refractivity contribution is 5.65. The summed E-state index contributed by atoms with van der Waals surface area (Å²) in [6.07, 6.45) is 2.56. The van der Waals surface area contributed by atoms with Gasteiger partial charge in [-0.3, -0.25) is 0 Å². The summed E-state index contributed by atoms with van der Waals surface area (Å²) in [5.41, 5.74) is 8.04. The average molecular weight is 200 g/mol. The molecule has 76 valence electrons. The third-order valence-corrected chi connectivity index (χ3v) is 2.77. The lowest BCUT2D eigenvalue weighted by atomic mass is 10.0. The van der Waals surface area contributed by atoms with E-state index in [9.17, 15) is 0 Å². The van der Waals surface area contributed by atoms with E-state index in [1.165, 1.54) is 18.4 Å². The van der Waals surface area contributed by atoms with Gasteiger partial charge >= 0.3 is 0 Å². The topological polar surface area (TPSA) is 52.0 Å². The van der Waals surface area contributed by atoms with Crippen molar-refractivity contribution in [2.24, 2.45) is 0 Å². The van der Waals surface area contributed by atoms with Crippen LogP contribution in [-0.2, 0) is 0 Å². The summed E-state index contributed by atoms with van der Waals surface area (Å²) in [5.74, 6) is 1.91. The summed E-state index contributed by atoms with van der Waals surface area (Å²) in [5, 5.41) is 3.72. The van der Waals surface area contributed by atoms with Gasteiger partial charge < -0.3 is 10.3 Å². The van der Waals surface area contributed by atoms with Crippen LogP contribution in [0.15, 0.2) is 34.9 Å². The van der Waals surface area contributed by atoms with E-state index in [-0.39, 0.29) is 0 Å². The lowest BCUT2D eigenvalue weighted by Gasteiger charge is -2.03. The molecule has 0 spiro atoms. The number of aromatic nitrogens is 1. The van der Waals surface area contributed by atoms with Crippen LogP contribution in [0.4, 0.5) is 5.82 Å². The van der Waals surface area contributed by atoms with Crippen molar-refractivity contribution in [1.82, 2.24) is 5.16 Å². The molecule has 1 aromatic carbocycles. The van der Waals surface area contributed by atoms with E-state index in [2.05, 4.69) is 23.4 Å². The van der Waals surface area contributed by atoms with E-state index in [4.69, 9.17) is 10.3 Å². The van der Waals surface area contributed by atoms with Crippen molar-refractivity contribution in [3.05, 3.63) is 35.9 Å². The number of nitrogens with zero attached hydrogens (tertiary/aromatic N) is 1. The molecule has 3 nitrogen and oxygen atoms in total. The maximum absolute atomic E-state index is 5.55. The predicted molar refractivity (Wildman–Crippen MR) is 58.3 cm³/mol. The number of hydrogen-bond acceptors (Lipinski definition) is 3. The summed E-state index contributed by atoms with van der Waals surface area (Å²) in [4.78, 5) is 0. The van der Waals surface area contributed by atoms with E-state index in [0.29, 0.717) is 11.7 Å². The lowest BCUT2D eigenvalue weighted by molar-refractivity contribution is 0.435. The minimum Gasteiger partial charge on any atom is -0.381 e. The zero-order valence-electron chi connectivity index (χ0n) is 8.31. The normalized spacial score (nSPS) is 15.5. The fraction of sp³-hybridized carbons (Fsp3) is 0.250. The summed E-state index contributed by atoms with van der Waals surface area (Å²) >= 11 is 0. The first-order chi connectivity index (χ1) is 7.34. The molecule has 15 heavy (non-hydrogen) atoms. The molecule has 3 rings (SSSR count). The molecule has 0 unspecified atom stereocenters. The first-order valence-electron chi connectivity index (χ1n) is 5.16. The molecule has 0 bridgehead atoms. The number of nitrogen functional groups attached to an aromatic ring is 1. The van der Waals surface area contributed by atoms with E-state index >= 15 is 0 Å². The van der Waals surface area contributed by atoms with Gasteiger partial charge in [0.2, 0.25) is 0 Å². The largest absolute Gasteiger partial charge is 0.381 e. The second-order valence-electron chi connectivity index (χ2n) is 3.98. The number of hydrogen-bond donors (Lipinski definition) is 1. The van der Waals surface area contributed by atoms with Crippen molar-refractivity contribution in [3.63, 3.8) is 0 Å². The van der Waals surface area contributed by atoms with Gasteiger partial charge in [0.15, 0.2) is 11.6 Å². The molecular weight excluding hydrogens is 188 g/mol. The number of rotatable bonds is 2. The summed E-state index contributed by atoms with van der Waals surface area (Å²) < 4.78 is 5.19. The van der Waals surface area contributed by atoms with Gasteiger partial charge in [0.05, 0.1) is 0 Å². The fourth-order valence-electron chi connectivity index (χ4n) is 1.89. The van der Waals surface area contributed by atoms with Crippen LogP contribution in [-0.4, -0.2) is 5.16 Å². The van der Waals surface area contributed by atoms with Gasteiger partial charge in [-0.05, 0) is 24.3 Å². The minimum atomic E-state index is 0.440. The van der Waals surface area contributed by atoms with Gasteiger partial charge in [-0.2, -0.15) is 0 Å². The molecule has 0 aliphatic heterocycles. The molecule has 0 saturated heterocycles.